The maximum Gasteiger partial charge on any atom is 0.144 e. The third-order valence-corrected chi connectivity index (χ3v) is 2.23. The molecule has 1 fully saturated rings. The van der Waals surface area contributed by atoms with Crippen LogP contribution in [0.5, 0.6) is 0 Å². The molecule has 0 saturated carbocycles. The minimum Gasteiger partial charge on any atom is -0.377 e. The van der Waals surface area contributed by atoms with Gasteiger partial charge in [0.2, 0.25) is 0 Å². The van der Waals surface area contributed by atoms with Crippen LogP contribution < -0.4 is 5.32 Å². The number of methoxy groups -OCH3 is 1. The van der Waals surface area contributed by atoms with Gasteiger partial charge in [-0.1, -0.05) is 0 Å². The molecule has 2 heterocycles. The van der Waals surface area contributed by atoms with Gasteiger partial charge in [-0.25, -0.2) is 4.98 Å². The molecule has 1 aliphatic heterocycles. The van der Waals surface area contributed by atoms with Crippen molar-refractivity contribution in [2.75, 3.05) is 25.6 Å². The van der Waals surface area contributed by atoms with Gasteiger partial charge in [-0.3, -0.25) is 4.98 Å². The summed E-state index contributed by atoms with van der Waals surface area (Å²) in [7, 11) is 1.69. The SMILES string of the molecule is CO[C@H]1COC[C@@H]1Nc1cnccn1. The molecule has 0 amide bonds. The van der Waals surface area contributed by atoms with Crippen molar-refractivity contribution in [2.45, 2.75) is 12.1 Å². The van der Waals surface area contributed by atoms with Crippen molar-refractivity contribution in [2.24, 2.45) is 0 Å². The van der Waals surface area contributed by atoms with E-state index in [1.807, 2.05) is 0 Å². The first kappa shape index (κ1) is 9.36. The molecule has 0 aromatic carbocycles. The van der Waals surface area contributed by atoms with Crippen LogP contribution in [0.2, 0.25) is 0 Å². The van der Waals surface area contributed by atoms with Crippen LogP contribution in [0.1, 0.15) is 0 Å². The Bertz CT molecular complexity index is 281. The monoisotopic (exact) mass is 195 g/mol. The van der Waals surface area contributed by atoms with Crippen molar-refractivity contribution in [3.63, 3.8) is 0 Å². The highest BCUT2D eigenvalue weighted by Gasteiger charge is 2.28. The van der Waals surface area contributed by atoms with Gasteiger partial charge < -0.3 is 14.8 Å². The number of anilines is 1. The second-order valence-electron chi connectivity index (χ2n) is 3.15. The first-order valence-electron chi connectivity index (χ1n) is 4.53. The quantitative estimate of drug-likeness (QED) is 0.751. The molecule has 1 saturated heterocycles. The molecule has 2 rings (SSSR count). The van der Waals surface area contributed by atoms with Crippen LogP contribution in [0.4, 0.5) is 5.82 Å². The van der Waals surface area contributed by atoms with Crippen LogP contribution in [0.25, 0.3) is 0 Å². The molecule has 14 heavy (non-hydrogen) atoms. The van der Waals surface area contributed by atoms with Crippen LogP contribution in [0.15, 0.2) is 18.6 Å². The van der Waals surface area contributed by atoms with Crippen LogP contribution in [0.3, 0.4) is 0 Å². The topological polar surface area (TPSA) is 56.3 Å². The molecule has 0 bridgehead atoms. The van der Waals surface area contributed by atoms with E-state index in [1.54, 1.807) is 25.7 Å². The summed E-state index contributed by atoms with van der Waals surface area (Å²) in [5.74, 6) is 0.755. The molecule has 2 atom stereocenters. The largest absolute Gasteiger partial charge is 0.377 e. The highest BCUT2D eigenvalue weighted by molar-refractivity contribution is 5.32. The summed E-state index contributed by atoms with van der Waals surface area (Å²) >= 11 is 0. The predicted octanol–water partition coefficient (Wildman–Crippen LogP) is 0.302. The molecule has 76 valence electrons. The third-order valence-electron chi connectivity index (χ3n) is 2.23. The van der Waals surface area contributed by atoms with Gasteiger partial charge in [-0.05, 0) is 0 Å². The fraction of sp³-hybridized carbons (Fsp3) is 0.556. The van der Waals surface area contributed by atoms with Gasteiger partial charge in [0.25, 0.3) is 0 Å². The zero-order valence-electron chi connectivity index (χ0n) is 8.01. The summed E-state index contributed by atoms with van der Waals surface area (Å²) in [4.78, 5) is 8.10. The van der Waals surface area contributed by atoms with Crippen molar-refractivity contribution in [3.05, 3.63) is 18.6 Å². The Labute approximate surface area is 82.5 Å². The summed E-state index contributed by atoms with van der Waals surface area (Å²) in [6.07, 6.45) is 5.08. The normalized spacial score (nSPS) is 26.4. The number of nitrogens with zero attached hydrogens (tertiary/aromatic N) is 2. The minimum absolute atomic E-state index is 0.0945. The van der Waals surface area contributed by atoms with Gasteiger partial charge in [0, 0.05) is 19.5 Å². The molecule has 5 heteroatoms. The molecule has 0 radical (unpaired) electrons. The zero-order valence-corrected chi connectivity index (χ0v) is 8.01. The van der Waals surface area contributed by atoms with Gasteiger partial charge in [0.05, 0.1) is 25.5 Å². The lowest BCUT2D eigenvalue weighted by Gasteiger charge is -2.17. The van der Waals surface area contributed by atoms with E-state index in [-0.39, 0.29) is 12.1 Å². The summed E-state index contributed by atoms with van der Waals surface area (Å²) in [5, 5.41) is 3.22. The Morgan fingerprint density at radius 3 is 3.14 bits per heavy atom. The van der Waals surface area contributed by atoms with Gasteiger partial charge in [0.15, 0.2) is 0 Å². The number of ether oxygens (including phenoxy) is 2. The van der Waals surface area contributed by atoms with E-state index in [0.717, 1.165) is 5.82 Å². The molecule has 1 aliphatic rings. The molecular weight excluding hydrogens is 182 g/mol. The standard InChI is InChI=1S/C9H13N3O2/c1-13-8-6-14-5-7(8)12-9-4-10-2-3-11-9/h2-4,7-8H,5-6H2,1H3,(H,11,12)/t7-,8-/m0/s1. The summed E-state index contributed by atoms with van der Waals surface area (Å²) in [6, 6.07) is 0.164. The number of rotatable bonds is 3. The number of nitrogens with one attached hydrogen (secondary N) is 1. The first-order valence-corrected chi connectivity index (χ1v) is 4.53. The molecule has 1 aromatic heterocycles. The fourth-order valence-electron chi connectivity index (χ4n) is 1.47. The lowest BCUT2D eigenvalue weighted by molar-refractivity contribution is 0.0795. The second-order valence-corrected chi connectivity index (χ2v) is 3.15. The van der Waals surface area contributed by atoms with Crippen molar-refractivity contribution in [3.8, 4) is 0 Å². The van der Waals surface area contributed by atoms with E-state index < -0.39 is 0 Å². The average molecular weight is 195 g/mol. The van der Waals surface area contributed by atoms with Gasteiger partial charge in [0.1, 0.15) is 11.9 Å². The molecule has 1 N–H and O–H groups in total. The van der Waals surface area contributed by atoms with Crippen LogP contribution in [0, 0.1) is 0 Å². The fourth-order valence-corrected chi connectivity index (χ4v) is 1.47. The van der Waals surface area contributed by atoms with E-state index >= 15 is 0 Å². The van der Waals surface area contributed by atoms with Crippen molar-refractivity contribution in [1.82, 2.24) is 9.97 Å². The maximum absolute atomic E-state index is 5.30. The number of hydrogen-bond donors (Lipinski definition) is 1. The van der Waals surface area contributed by atoms with Gasteiger partial charge >= 0.3 is 0 Å². The summed E-state index contributed by atoms with van der Waals surface area (Å²) < 4.78 is 10.6. The van der Waals surface area contributed by atoms with E-state index in [2.05, 4.69) is 15.3 Å². The van der Waals surface area contributed by atoms with Crippen molar-refractivity contribution in [1.29, 1.82) is 0 Å². The Morgan fingerprint density at radius 2 is 2.43 bits per heavy atom. The molecule has 1 aromatic rings. The van der Waals surface area contributed by atoms with E-state index in [9.17, 15) is 0 Å². The Balaban J connectivity index is 1.97. The van der Waals surface area contributed by atoms with Gasteiger partial charge in [-0.2, -0.15) is 0 Å². The number of hydrogen-bond acceptors (Lipinski definition) is 5. The molecular formula is C9H13N3O2. The van der Waals surface area contributed by atoms with Crippen LogP contribution >= 0.6 is 0 Å². The van der Waals surface area contributed by atoms with Crippen LogP contribution in [-0.2, 0) is 9.47 Å². The Morgan fingerprint density at radius 1 is 1.50 bits per heavy atom. The highest BCUT2D eigenvalue weighted by Crippen LogP contribution is 2.13. The van der Waals surface area contributed by atoms with E-state index in [0.29, 0.717) is 13.2 Å². The van der Waals surface area contributed by atoms with Crippen molar-refractivity contribution >= 4 is 5.82 Å². The molecule has 0 spiro atoms. The van der Waals surface area contributed by atoms with Crippen molar-refractivity contribution < 1.29 is 9.47 Å². The Kier molecular flexibility index (Phi) is 2.90. The lowest BCUT2D eigenvalue weighted by Crippen LogP contribution is -2.33. The third kappa shape index (κ3) is 2.00. The van der Waals surface area contributed by atoms with Gasteiger partial charge in [-0.15, -0.1) is 0 Å². The van der Waals surface area contributed by atoms with Crippen LogP contribution in [-0.4, -0.2) is 42.4 Å². The van der Waals surface area contributed by atoms with E-state index in [1.165, 1.54) is 0 Å². The number of aromatic nitrogens is 2. The minimum atomic E-state index is 0.0945. The summed E-state index contributed by atoms with van der Waals surface area (Å²) in [5.41, 5.74) is 0. The molecule has 5 nitrogen and oxygen atoms in total. The predicted molar refractivity (Wildman–Crippen MR) is 51.1 cm³/mol. The molecule has 0 aliphatic carbocycles. The maximum atomic E-state index is 5.30. The highest BCUT2D eigenvalue weighted by atomic mass is 16.5. The average Bonchev–Trinajstić information content (AvgIpc) is 2.67. The Hall–Kier alpha value is -1.20. The molecule has 0 unspecified atom stereocenters. The zero-order chi connectivity index (χ0) is 9.80. The smallest absolute Gasteiger partial charge is 0.144 e. The van der Waals surface area contributed by atoms with E-state index in [4.69, 9.17) is 9.47 Å². The summed E-state index contributed by atoms with van der Waals surface area (Å²) in [6.45, 7) is 1.28. The lowest BCUT2D eigenvalue weighted by atomic mass is 10.2. The second kappa shape index (κ2) is 4.34. The first-order chi connectivity index (χ1) is 6.90.